The summed E-state index contributed by atoms with van der Waals surface area (Å²) in [5, 5.41) is 0. The second-order valence-electron chi connectivity index (χ2n) is 6.54. The van der Waals surface area contributed by atoms with Gasteiger partial charge >= 0.3 is 0 Å². The number of nitrogens with zero attached hydrogens (tertiary/aromatic N) is 2. The second kappa shape index (κ2) is 8.76. The molecule has 0 aromatic heterocycles. The third-order valence-electron chi connectivity index (χ3n) is 4.66. The van der Waals surface area contributed by atoms with Gasteiger partial charge < -0.3 is 15.4 Å². The van der Waals surface area contributed by atoms with Gasteiger partial charge in [-0.1, -0.05) is 18.6 Å². The first-order chi connectivity index (χ1) is 10.7. The molecule has 0 spiro atoms. The average Bonchev–Trinajstić information content (AvgIpc) is 3.39. The van der Waals surface area contributed by atoms with Crippen molar-refractivity contribution in [3.05, 3.63) is 29.8 Å². The number of hydrogen-bond acceptors (Lipinski definition) is 2. The smallest absolute Gasteiger partial charge is 0.191 e. The largest absolute Gasteiger partial charge is 0.490 e. The Hall–Kier alpha value is -0.980. The topological polar surface area (TPSA) is 50.8 Å². The molecule has 3 rings (SSSR count). The SMILES string of the molecule is CN(C(N)=NCc1ccc(OC2CCCCC2)cc1)C1CC1.I. The molecule has 4 nitrogen and oxygen atoms in total. The monoisotopic (exact) mass is 429 g/mol. The summed E-state index contributed by atoms with van der Waals surface area (Å²) in [6.45, 7) is 0.632. The highest BCUT2D eigenvalue weighted by Gasteiger charge is 2.27. The maximum absolute atomic E-state index is 6.05. The number of benzene rings is 1. The van der Waals surface area contributed by atoms with Crippen LogP contribution in [0.5, 0.6) is 5.75 Å². The molecule has 0 bridgehead atoms. The molecule has 5 heteroatoms. The van der Waals surface area contributed by atoms with E-state index in [9.17, 15) is 0 Å². The van der Waals surface area contributed by atoms with Gasteiger partial charge in [0, 0.05) is 13.1 Å². The predicted molar refractivity (Wildman–Crippen MR) is 105 cm³/mol. The van der Waals surface area contributed by atoms with E-state index in [0.29, 0.717) is 24.7 Å². The maximum atomic E-state index is 6.05. The molecule has 2 aliphatic rings. The van der Waals surface area contributed by atoms with Gasteiger partial charge in [0.05, 0.1) is 12.6 Å². The van der Waals surface area contributed by atoms with E-state index in [-0.39, 0.29) is 24.0 Å². The van der Waals surface area contributed by atoms with Crippen molar-refractivity contribution in [2.75, 3.05) is 7.05 Å². The van der Waals surface area contributed by atoms with Gasteiger partial charge in [0.2, 0.25) is 0 Å². The molecule has 0 saturated heterocycles. The van der Waals surface area contributed by atoms with E-state index in [1.165, 1.54) is 50.5 Å². The van der Waals surface area contributed by atoms with Crippen LogP contribution in [0.15, 0.2) is 29.3 Å². The Morgan fingerprint density at radius 1 is 1.13 bits per heavy atom. The summed E-state index contributed by atoms with van der Waals surface area (Å²) >= 11 is 0. The molecule has 0 heterocycles. The van der Waals surface area contributed by atoms with Crippen LogP contribution in [0.4, 0.5) is 0 Å². The molecule has 0 amide bonds. The third-order valence-corrected chi connectivity index (χ3v) is 4.66. The number of aliphatic imine (C=N–C) groups is 1. The molecule has 2 aliphatic carbocycles. The van der Waals surface area contributed by atoms with E-state index in [2.05, 4.69) is 34.2 Å². The van der Waals surface area contributed by atoms with E-state index >= 15 is 0 Å². The van der Waals surface area contributed by atoms with Crippen LogP contribution in [0.2, 0.25) is 0 Å². The predicted octanol–water partition coefficient (Wildman–Crippen LogP) is 3.93. The van der Waals surface area contributed by atoms with Crippen LogP contribution in [0, 0.1) is 0 Å². The number of guanidine groups is 1. The van der Waals surface area contributed by atoms with Crippen LogP contribution in [-0.2, 0) is 6.54 Å². The molecule has 0 radical (unpaired) electrons. The molecule has 0 atom stereocenters. The number of rotatable bonds is 5. The summed E-state index contributed by atoms with van der Waals surface area (Å²) in [5.41, 5.74) is 7.18. The highest BCUT2D eigenvalue weighted by atomic mass is 127. The molecule has 23 heavy (non-hydrogen) atoms. The first kappa shape index (κ1) is 18.4. The minimum atomic E-state index is 0. The van der Waals surface area contributed by atoms with Crippen molar-refractivity contribution >= 4 is 29.9 Å². The number of hydrogen-bond donors (Lipinski definition) is 1. The van der Waals surface area contributed by atoms with Crippen molar-refractivity contribution < 1.29 is 4.74 Å². The normalized spacial score (nSPS) is 19.1. The molecule has 2 saturated carbocycles. The molecule has 1 aromatic carbocycles. The first-order valence-corrected chi connectivity index (χ1v) is 8.51. The molecule has 2 N–H and O–H groups in total. The highest BCUT2D eigenvalue weighted by Crippen LogP contribution is 2.25. The zero-order chi connectivity index (χ0) is 15.4. The van der Waals surface area contributed by atoms with E-state index in [1.807, 2.05) is 7.05 Å². The van der Waals surface area contributed by atoms with Gasteiger partial charge in [-0.2, -0.15) is 0 Å². The molecule has 128 valence electrons. The summed E-state index contributed by atoms with van der Waals surface area (Å²) in [6.07, 6.45) is 9.20. The van der Waals surface area contributed by atoms with Crippen molar-refractivity contribution in [1.29, 1.82) is 0 Å². The fraction of sp³-hybridized carbons (Fsp3) is 0.611. The molecule has 1 aromatic rings. The van der Waals surface area contributed by atoms with Gasteiger partial charge in [0.25, 0.3) is 0 Å². The Balaban J connectivity index is 0.00000192. The quantitative estimate of drug-likeness (QED) is 0.439. The van der Waals surface area contributed by atoms with Crippen molar-refractivity contribution in [3.63, 3.8) is 0 Å². The van der Waals surface area contributed by atoms with Crippen LogP contribution in [0.25, 0.3) is 0 Å². The Morgan fingerprint density at radius 3 is 2.39 bits per heavy atom. The second-order valence-corrected chi connectivity index (χ2v) is 6.54. The van der Waals surface area contributed by atoms with E-state index in [4.69, 9.17) is 10.5 Å². The molecule has 0 unspecified atom stereocenters. The summed E-state index contributed by atoms with van der Waals surface area (Å²) in [5.74, 6) is 1.62. The van der Waals surface area contributed by atoms with Crippen molar-refractivity contribution in [2.45, 2.75) is 63.6 Å². The Morgan fingerprint density at radius 2 is 1.78 bits per heavy atom. The molecular formula is C18H28IN3O. The van der Waals surface area contributed by atoms with Gasteiger partial charge in [-0.3, -0.25) is 0 Å². The standard InChI is InChI=1S/C18H27N3O.HI/c1-21(15-9-10-15)18(19)20-13-14-7-11-17(12-8-14)22-16-5-3-2-4-6-16;/h7-8,11-12,15-16H,2-6,9-10,13H2,1H3,(H2,19,20);1H. The lowest BCUT2D eigenvalue weighted by Gasteiger charge is -2.23. The summed E-state index contributed by atoms with van der Waals surface area (Å²) in [7, 11) is 2.03. The Kier molecular flexibility index (Phi) is 6.99. The first-order valence-electron chi connectivity index (χ1n) is 8.51. The zero-order valence-corrected chi connectivity index (χ0v) is 16.2. The summed E-state index contributed by atoms with van der Waals surface area (Å²) < 4.78 is 6.05. The number of halogens is 1. The molecule has 2 fully saturated rings. The van der Waals surface area contributed by atoms with Gasteiger partial charge in [-0.25, -0.2) is 4.99 Å². The summed E-state index contributed by atoms with van der Waals surface area (Å²) in [4.78, 5) is 6.56. The van der Waals surface area contributed by atoms with Crippen LogP contribution >= 0.6 is 24.0 Å². The highest BCUT2D eigenvalue weighted by molar-refractivity contribution is 14.0. The van der Waals surface area contributed by atoms with Gasteiger partial charge in [-0.15, -0.1) is 24.0 Å². The lowest BCUT2D eigenvalue weighted by atomic mass is 9.98. The van der Waals surface area contributed by atoms with Gasteiger partial charge in [0.1, 0.15) is 5.75 Å². The molecule has 0 aliphatic heterocycles. The molecular weight excluding hydrogens is 401 g/mol. The van der Waals surface area contributed by atoms with Crippen molar-refractivity contribution in [3.8, 4) is 5.75 Å². The fourth-order valence-electron chi connectivity index (χ4n) is 2.98. The average molecular weight is 429 g/mol. The van der Waals surface area contributed by atoms with Crippen LogP contribution < -0.4 is 10.5 Å². The maximum Gasteiger partial charge on any atom is 0.191 e. The van der Waals surface area contributed by atoms with Crippen LogP contribution in [0.1, 0.15) is 50.5 Å². The fourth-order valence-corrected chi connectivity index (χ4v) is 2.98. The van der Waals surface area contributed by atoms with Crippen molar-refractivity contribution in [1.82, 2.24) is 4.90 Å². The van der Waals surface area contributed by atoms with E-state index in [0.717, 1.165) is 5.75 Å². The Labute approximate surface area is 156 Å². The van der Waals surface area contributed by atoms with E-state index in [1.54, 1.807) is 0 Å². The lowest BCUT2D eigenvalue weighted by Crippen LogP contribution is -2.35. The third kappa shape index (κ3) is 5.55. The van der Waals surface area contributed by atoms with Gasteiger partial charge in [0.15, 0.2) is 5.96 Å². The minimum Gasteiger partial charge on any atom is -0.490 e. The number of nitrogens with two attached hydrogens (primary N) is 1. The van der Waals surface area contributed by atoms with Crippen molar-refractivity contribution in [2.24, 2.45) is 10.7 Å². The lowest BCUT2D eigenvalue weighted by molar-refractivity contribution is 0.155. The summed E-state index contributed by atoms with van der Waals surface area (Å²) in [6, 6.07) is 8.90. The van der Waals surface area contributed by atoms with Crippen LogP contribution in [-0.4, -0.2) is 30.1 Å². The van der Waals surface area contributed by atoms with E-state index < -0.39 is 0 Å². The Bertz CT molecular complexity index is 508. The minimum absolute atomic E-state index is 0. The zero-order valence-electron chi connectivity index (χ0n) is 13.9. The number of ether oxygens (including phenoxy) is 1. The van der Waals surface area contributed by atoms with Gasteiger partial charge in [-0.05, 0) is 56.2 Å². The van der Waals surface area contributed by atoms with Crippen LogP contribution in [0.3, 0.4) is 0 Å².